The number of hydrogen-bond donors (Lipinski definition) is 2. The average molecular weight is 464 g/mol. The van der Waals surface area contributed by atoms with Gasteiger partial charge in [-0.15, -0.1) is 0 Å². The van der Waals surface area contributed by atoms with Crippen LogP contribution in [0.4, 0.5) is 0 Å². The fraction of sp³-hybridized carbons (Fsp3) is 0.586. The Labute approximate surface area is 202 Å². The Morgan fingerprint density at radius 2 is 2.00 bits per heavy atom. The highest BCUT2D eigenvalue weighted by atomic mass is 16.5. The van der Waals surface area contributed by atoms with Crippen LogP contribution in [-0.2, 0) is 9.53 Å². The number of ether oxygens (including phenoxy) is 1. The van der Waals surface area contributed by atoms with Crippen molar-refractivity contribution in [2.45, 2.75) is 65.4 Å². The predicted molar refractivity (Wildman–Crippen MR) is 131 cm³/mol. The lowest BCUT2D eigenvalue weighted by atomic mass is 9.49. The first-order chi connectivity index (χ1) is 16.2. The van der Waals surface area contributed by atoms with E-state index in [9.17, 15) is 15.0 Å². The Hall–Kier alpha value is -2.24. The van der Waals surface area contributed by atoms with E-state index in [0.717, 1.165) is 32.1 Å². The molecule has 5 heteroatoms. The van der Waals surface area contributed by atoms with Crippen molar-refractivity contribution in [1.82, 2.24) is 4.98 Å². The molecular formula is C29H37NO4. The molecule has 0 radical (unpaired) electrons. The molecule has 5 nitrogen and oxygen atoms in total. The second-order valence-electron chi connectivity index (χ2n) is 11.6. The molecule has 0 bridgehead atoms. The smallest absolute Gasteiger partial charge is 0.316 e. The zero-order valence-corrected chi connectivity index (χ0v) is 20.6. The number of nitrogens with zero attached hydrogens (tertiary/aromatic N) is 1. The first kappa shape index (κ1) is 23.5. The summed E-state index contributed by atoms with van der Waals surface area (Å²) in [5, 5.41) is 19.1. The molecule has 0 spiro atoms. The first-order valence-electron chi connectivity index (χ1n) is 12.7. The van der Waals surface area contributed by atoms with Crippen LogP contribution in [-0.4, -0.2) is 40.5 Å². The summed E-state index contributed by atoms with van der Waals surface area (Å²) in [4.78, 5) is 17.0. The number of carbonyl (C=O) groups is 1. The topological polar surface area (TPSA) is 79.7 Å². The maximum atomic E-state index is 12.6. The van der Waals surface area contributed by atoms with Gasteiger partial charge in [0, 0.05) is 24.2 Å². The largest absolute Gasteiger partial charge is 0.461 e. The standard InChI is InChI=1S/C29H37NO4/c1-27(17-31,18-32)26(33)34-21-10-12-28(2)20(15-21)6-7-22-24-9-8-23(19-5-4-14-30-16-19)29(24,3)13-11-25(22)28/h4-6,8-9,14,16,21-22,25,31-32H,7,10-13,15,17-18H2,1-3H3. The molecule has 1 aromatic heterocycles. The van der Waals surface area contributed by atoms with Gasteiger partial charge in [-0.25, -0.2) is 0 Å². The Morgan fingerprint density at radius 1 is 1.21 bits per heavy atom. The van der Waals surface area contributed by atoms with Crippen LogP contribution in [0, 0.1) is 28.1 Å². The number of hydrogen-bond acceptors (Lipinski definition) is 5. The minimum absolute atomic E-state index is 0.0810. The van der Waals surface area contributed by atoms with Crippen molar-refractivity contribution < 1.29 is 19.7 Å². The highest BCUT2D eigenvalue weighted by Gasteiger charge is 2.54. The molecule has 4 aliphatic rings. The van der Waals surface area contributed by atoms with Crippen molar-refractivity contribution in [3.63, 3.8) is 0 Å². The normalized spacial score (nSPS) is 34.7. The number of carbonyl (C=O) groups excluding carboxylic acids is 1. The molecule has 182 valence electrons. The summed E-state index contributed by atoms with van der Waals surface area (Å²) in [7, 11) is 0. The molecule has 1 heterocycles. The van der Waals surface area contributed by atoms with E-state index < -0.39 is 24.6 Å². The lowest BCUT2D eigenvalue weighted by molar-refractivity contribution is -0.167. The zero-order chi connectivity index (χ0) is 24.1. The van der Waals surface area contributed by atoms with E-state index in [1.54, 1.807) is 12.5 Å². The SMILES string of the molecule is CC(CO)(CO)C(=O)OC1CCC2(C)C(=CCC3C4=CC=C(c5cccnc5)C4(C)CCC32)C1. The van der Waals surface area contributed by atoms with Gasteiger partial charge in [0.05, 0.1) is 13.2 Å². The third kappa shape index (κ3) is 3.51. The number of aliphatic hydroxyl groups excluding tert-OH is 2. The van der Waals surface area contributed by atoms with Gasteiger partial charge in [-0.2, -0.15) is 0 Å². The fourth-order valence-corrected chi connectivity index (χ4v) is 7.15. The third-order valence-corrected chi connectivity index (χ3v) is 9.54. The number of rotatable bonds is 5. The van der Waals surface area contributed by atoms with Gasteiger partial charge in [-0.3, -0.25) is 9.78 Å². The fourth-order valence-electron chi connectivity index (χ4n) is 7.15. The van der Waals surface area contributed by atoms with Gasteiger partial charge in [-0.1, -0.05) is 49.3 Å². The number of aromatic nitrogens is 1. The quantitative estimate of drug-likeness (QED) is 0.482. The Bertz CT molecular complexity index is 1050. The van der Waals surface area contributed by atoms with E-state index in [2.05, 4.69) is 43.1 Å². The molecule has 5 rings (SSSR count). The van der Waals surface area contributed by atoms with Gasteiger partial charge in [0.1, 0.15) is 11.5 Å². The zero-order valence-electron chi connectivity index (χ0n) is 20.6. The molecule has 2 N–H and O–H groups in total. The van der Waals surface area contributed by atoms with Gasteiger partial charge in [0.15, 0.2) is 0 Å². The van der Waals surface area contributed by atoms with E-state index in [1.807, 2.05) is 18.5 Å². The summed E-state index contributed by atoms with van der Waals surface area (Å²) in [6.07, 6.45) is 16.7. The Balaban J connectivity index is 1.34. The van der Waals surface area contributed by atoms with E-state index in [-0.39, 0.29) is 16.9 Å². The monoisotopic (exact) mass is 463 g/mol. The van der Waals surface area contributed by atoms with Crippen molar-refractivity contribution in [1.29, 1.82) is 0 Å². The molecule has 0 amide bonds. The molecule has 0 saturated heterocycles. The molecule has 5 atom stereocenters. The van der Waals surface area contributed by atoms with E-state index in [1.165, 1.54) is 23.1 Å². The summed E-state index contributed by atoms with van der Waals surface area (Å²) in [5.74, 6) is 0.647. The first-order valence-corrected chi connectivity index (χ1v) is 12.7. The lowest BCUT2D eigenvalue weighted by Crippen LogP contribution is -2.48. The Morgan fingerprint density at radius 3 is 2.71 bits per heavy atom. The summed E-state index contributed by atoms with van der Waals surface area (Å²) in [6, 6.07) is 4.20. The molecule has 2 saturated carbocycles. The number of pyridine rings is 1. The number of fused-ring (bicyclic) bond motifs is 5. The number of esters is 1. The van der Waals surface area contributed by atoms with Crippen molar-refractivity contribution in [3.05, 3.63) is 59.5 Å². The van der Waals surface area contributed by atoms with E-state index >= 15 is 0 Å². The maximum absolute atomic E-state index is 12.6. The molecular weight excluding hydrogens is 426 g/mol. The van der Waals surface area contributed by atoms with Gasteiger partial charge >= 0.3 is 5.97 Å². The number of aliphatic hydroxyl groups is 2. The average Bonchev–Trinajstić information content (AvgIpc) is 3.21. The maximum Gasteiger partial charge on any atom is 0.316 e. The van der Waals surface area contributed by atoms with Crippen LogP contribution in [0.2, 0.25) is 0 Å². The summed E-state index contributed by atoms with van der Waals surface area (Å²) in [5.41, 5.74) is 4.60. The van der Waals surface area contributed by atoms with E-state index in [4.69, 9.17) is 4.74 Å². The molecule has 34 heavy (non-hydrogen) atoms. The van der Waals surface area contributed by atoms with Crippen molar-refractivity contribution in [2.75, 3.05) is 13.2 Å². The molecule has 1 aromatic rings. The van der Waals surface area contributed by atoms with Crippen LogP contribution in [0.1, 0.15) is 64.9 Å². The van der Waals surface area contributed by atoms with Crippen LogP contribution in [0.5, 0.6) is 0 Å². The van der Waals surface area contributed by atoms with Gasteiger partial charge in [0.25, 0.3) is 0 Å². The van der Waals surface area contributed by atoms with Crippen molar-refractivity contribution in [3.8, 4) is 0 Å². The third-order valence-electron chi connectivity index (χ3n) is 9.54. The van der Waals surface area contributed by atoms with Gasteiger partial charge < -0.3 is 14.9 Å². The molecule has 2 fully saturated rings. The minimum Gasteiger partial charge on any atom is -0.461 e. The van der Waals surface area contributed by atoms with Crippen LogP contribution in [0.15, 0.2) is 53.9 Å². The number of allylic oxidation sites excluding steroid dienone is 5. The van der Waals surface area contributed by atoms with Gasteiger partial charge in [0.2, 0.25) is 0 Å². The summed E-state index contributed by atoms with van der Waals surface area (Å²) in [6.45, 7) is 5.56. The molecule has 0 aliphatic heterocycles. The highest BCUT2D eigenvalue weighted by Crippen LogP contribution is 2.64. The van der Waals surface area contributed by atoms with Crippen molar-refractivity contribution in [2.24, 2.45) is 28.1 Å². The van der Waals surface area contributed by atoms with Crippen LogP contribution >= 0.6 is 0 Å². The van der Waals surface area contributed by atoms with Crippen LogP contribution in [0.25, 0.3) is 5.57 Å². The molecule has 4 aliphatic carbocycles. The predicted octanol–water partition coefficient (Wildman–Crippen LogP) is 4.86. The minimum atomic E-state index is -1.24. The summed E-state index contributed by atoms with van der Waals surface area (Å²) >= 11 is 0. The summed E-state index contributed by atoms with van der Waals surface area (Å²) < 4.78 is 5.79. The van der Waals surface area contributed by atoms with Crippen molar-refractivity contribution >= 4 is 11.5 Å². The lowest BCUT2D eigenvalue weighted by Gasteiger charge is -2.56. The molecule has 5 unspecified atom stereocenters. The highest BCUT2D eigenvalue weighted by molar-refractivity contribution is 5.78. The molecule has 0 aromatic carbocycles. The van der Waals surface area contributed by atoms with Gasteiger partial charge in [-0.05, 0) is 73.5 Å². The van der Waals surface area contributed by atoms with Crippen LogP contribution < -0.4 is 0 Å². The Kier molecular flexibility index (Phi) is 5.84. The second-order valence-corrected chi connectivity index (χ2v) is 11.6. The second kappa shape index (κ2) is 8.46. The van der Waals surface area contributed by atoms with E-state index in [0.29, 0.717) is 11.8 Å². The van der Waals surface area contributed by atoms with Crippen LogP contribution in [0.3, 0.4) is 0 Å².